The van der Waals surface area contributed by atoms with Crippen molar-refractivity contribution >= 4 is 120 Å². The van der Waals surface area contributed by atoms with E-state index in [0.29, 0.717) is 154 Å². The quantitative estimate of drug-likeness (QED) is 0.0658. The van der Waals surface area contributed by atoms with Crippen molar-refractivity contribution in [2.75, 3.05) is 93.9 Å². The van der Waals surface area contributed by atoms with Crippen molar-refractivity contribution in [2.24, 2.45) is 5.73 Å². The second-order valence-corrected chi connectivity index (χ2v) is 36.0. The number of nitrogens with zero attached hydrogens (tertiary/aromatic N) is 20. The van der Waals surface area contributed by atoms with Gasteiger partial charge in [0.25, 0.3) is 0 Å². The standard InChI is InChI=1S/C25H28FN7O3S2.2C25H26FN7O2S2/c1-31(25-29-21(15-37-25)16-3-5-18(26)6-4-16)24-20(7-9-22(27)34)28-23-10-8-19(30-33(23)24)17-11-13-32(14-12-17)38(2,35)36;2*1-31(25-29-22(16-36-25)17-5-7-19(26)8-6-17)24-21(4-3-13-27)28-23-10-9-20(30-33(23)24)18-11-14-32(15-12-18)37(2,34)35/h3-6,8,10,15,17H,7,9,11-14H2,1-2H3,(H2,27,34);2*5-10,16,18H,3-4,11-12,14-15H2,1-2H3. The number of primary amides is 1. The van der Waals surface area contributed by atoms with Gasteiger partial charge in [0.2, 0.25) is 36.0 Å². The maximum Gasteiger partial charge on any atom is 0.217 e. The summed E-state index contributed by atoms with van der Waals surface area (Å²) in [5.74, 6) is 1.20. The molecule has 28 nitrogen and oxygen atoms in total. The van der Waals surface area contributed by atoms with Gasteiger partial charge < -0.3 is 20.4 Å². The third kappa shape index (κ3) is 18.3. The summed E-state index contributed by atoms with van der Waals surface area (Å²) in [5, 5.41) is 41.0. The molecular weight excluding hydrogens is 1560 g/mol. The Hall–Kier alpha value is -10.2. The number of aryl methyl sites for hydroxylation is 3. The lowest BCUT2D eigenvalue weighted by atomic mass is 9.94. The fourth-order valence-corrected chi connectivity index (χ4v) is 19.0. The number of rotatable bonds is 22. The van der Waals surface area contributed by atoms with E-state index >= 15 is 0 Å². The van der Waals surface area contributed by atoms with Crippen molar-refractivity contribution in [3.63, 3.8) is 0 Å². The summed E-state index contributed by atoms with van der Waals surface area (Å²) >= 11 is 4.34. The number of thiazole rings is 3. The molecule has 1 amide bonds. The summed E-state index contributed by atoms with van der Waals surface area (Å²) < 4.78 is 121. The van der Waals surface area contributed by atoms with Gasteiger partial charge in [0, 0.05) is 150 Å². The maximum absolute atomic E-state index is 13.4. The summed E-state index contributed by atoms with van der Waals surface area (Å²) in [6, 6.07) is 34.6. The number of piperidine rings is 3. The molecule has 0 saturated carbocycles. The van der Waals surface area contributed by atoms with Crippen LogP contribution in [0.15, 0.2) is 125 Å². The predicted octanol–water partition coefficient (Wildman–Crippen LogP) is 12.0. The van der Waals surface area contributed by atoms with E-state index in [1.807, 2.05) is 88.4 Å². The Morgan fingerprint density at radius 2 is 0.705 bits per heavy atom. The van der Waals surface area contributed by atoms with Crippen molar-refractivity contribution in [3.8, 4) is 45.9 Å². The van der Waals surface area contributed by atoms with Crippen molar-refractivity contribution in [3.05, 3.63) is 177 Å². The third-order valence-corrected chi connectivity index (χ3v) is 26.6. The second-order valence-electron chi connectivity index (χ2n) is 27.6. The molecule has 15 rings (SSSR count). The highest BCUT2D eigenvalue weighted by atomic mass is 32.2. The zero-order valence-electron chi connectivity index (χ0n) is 62.0. The number of amides is 1. The van der Waals surface area contributed by atoms with Gasteiger partial charge in [-0.1, -0.05) is 0 Å². The topological polar surface area (TPSA) is 342 Å². The summed E-state index contributed by atoms with van der Waals surface area (Å²) in [7, 11) is -3.96. The van der Waals surface area contributed by atoms with Gasteiger partial charge >= 0.3 is 0 Å². The number of sulfonamides is 3. The molecule has 3 fully saturated rings. The number of carbonyl (C=O) groups is 1. The summed E-state index contributed by atoms with van der Waals surface area (Å²) in [6.45, 7) is 2.79. The Labute approximate surface area is 658 Å². The lowest BCUT2D eigenvalue weighted by molar-refractivity contribution is -0.118. The van der Waals surface area contributed by atoms with Crippen LogP contribution in [-0.2, 0) is 54.1 Å². The first kappa shape index (κ1) is 79.9. The number of halogens is 3. The number of carbonyl (C=O) groups excluding carboxylic acids is 1. The number of nitriles is 2. The first-order valence-electron chi connectivity index (χ1n) is 36.0. The van der Waals surface area contributed by atoms with Gasteiger partial charge in [0.1, 0.15) is 17.5 Å². The van der Waals surface area contributed by atoms with Crippen LogP contribution in [0.3, 0.4) is 0 Å². The van der Waals surface area contributed by atoms with Crippen LogP contribution in [0, 0.1) is 40.1 Å². The number of hydrogen-bond acceptors (Lipinski definition) is 24. The van der Waals surface area contributed by atoms with E-state index in [0.717, 1.165) is 73.9 Å². The number of aromatic nitrogens is 12. The minimum absolute atomic E-state index is 0.108. The minimum Gasteiger partial charge on any atom is -0.370 e. The Morgan fingerprint density at radius 3 is 0.955 bits per heavy atom. The molecule has 12 aromatic rings. The van der Waals surface area contributed by atoms with Crippen LogP contribution >= 0.6 is 34.0 Å². The average Bonchev–Trinajstić information content (AvgIpc) is 1.61. The molecule has 37 heteroatoms. The van der Waals surface area contributed by atoms with E-state index < -0.39 is 36.0 Å². The summed E-state index contributed by atoms with van der Waals surface area (Å²) in [6.07, 6.45) is 9.91. The molecule has 3 aromatic carbocycles. The molecule has 9 aromatic heterocycles. The molecule has 112 heavy (non-hydrogen) atoms. The Balaban J connectivity index is 0.000000147. The van der Waals surface area contributed by atoms with Crippen LogP contribution < -0.4 is 20.4 Å². The molecule has 3 aliphatic rings. The van der Waals surface area contributed by atoms with E-state index in [2.05, 4.69) is 12.1 Å². The van der Waals surface area contributed by atoms with Gasteiger partial charge in [-0.3, -0.25) is 4.79 Å². The lowest BCUT2D eigenvalue weighted by Gasteiger charge is -2.29. The Bertz CT molecular complexity index is 5600. The molecular formula is C75H80F3N21O7S6. The van der Waals surface area contributed by atoms with Crippen LogP contribution in [0.1, 0.15) is 110 Å². The fourth-order valence-electron chi connectivity index (χ4n) is 13.9. The van der Waals surface area contributed by atoms with Gasteiger partial charge in [-0.05, 0) is 148 Å². The number of fused-ring (bicyclic) bond motifs is 3. The Kier molecular flexibility index (Phi) is 24.2. The average molecular weight is 1640 g/mol. The molecule has 0 unspecified atom stereocenters. The van der Waals surface area contributed by atoms with Crippen LogP contribution in [0.25, 0.3) is 50.7 Å². The van der Waals surface area contributed by atoms with Gasteiger partial charge in [-0.2, -0.15) is 39.4 Å². The smallest absolute Gasteiger partial charge is 0.217 e. The third-order valence-electron chi connectivity index (χ3n) is 19.9. The van der Waals surface area contributed by atoms with E-state index in [9.17, 15) is 53.7 Å². The minimum atomic E-state index is -3.22. The highest BCUT2D eigenvalue weighted by Gasteiger charge is 2.33. The van der Waals surface area contributed by atoms with Crippen LogP contribution in [-0.4, -0.2) is 182 Å². The number of benzene rings is 3. The SMILES string of the molecule is CN(c1nc(-c2ccc(F)cc2)cs1)c1c(CCC#N)nc2ccc(C3CCN(S(C)(=O)=O)CC3)nn12.CN(c1nc(-c2ccc(F)cc2)cs1)c1c(CCC#N)nc2ccc(C3CCN(S(C)(=O)=O)CC3)nn12.CN(c1nc(-c2ccc(F)cc2)cs1)c1c(CCC(N)=O)nc2ccc(C3CCN(S(C)(=O)=O)CC3)nn12. The van der Waals surface area contributed by atoms with Crippen LogP contribution in [0.2, 0.25) is 0 Å². The monoisotopic (exact) mass is 1640 g/mol. The molecule has 12 heterocycles. The molecule has 3 aliphatic heterocycles. The van der Waals surface area contributed by atoms with Crippen LogP contribution in [0.4, 0.5) is 46.0 Å². The van der Waals surface area contributed by atoms with Crippen molar-refractivity contribution < 1.29 is 43.2 Å². The summed E-state index contributed by atoms with van der Waals surface area (Å²) in [5.41, 5.74) is 16.8. The molecule has 0 bridgehead atoms. The molecule has 0 atom stereocenters. The number of hydrogen-bond donors (Lipinski definition) is 1. The normalized spacial score (nSPS) is 15.2. The zero-order valence-corrected chi connectivity index (χ0v) is 66.9. The molecule has 584 valence electrons. The largest absolute Gasteiger partial charge is 0.370 e. The van der Waals surface area contributed by atoms with Crippen LogP contribution in [0.5, 0.6) is 0 Å². The fraction of sp³-hybridized carbons (Fsp3) is 0.360. The number of imidazole rings is 3. The number of anilines is 6. The van der Waals surface area contributed by atoms with Crippen molar-refractivity contribution in [1.82, 2.24) is 71.7 Å². The van der Waals surface area contributed by atoms with Crippen molar-refractivity contribution in [1.29, 1.82) is 10.5 Å². The van der Waals surface area contributed by atoms with Gasteiger partial charge in [0.15, 0.2) is 49.8 Å². The molecule has 0 aliphatic carbocycles. The predicted molar refractivity (Wildman–Crippen MR) is 426 cm³/mol. The van der Waals surface area contributed by atoms with Gasteiger partial charge in [-0.25, -0.2) is 81.2 Å². The summed E-state index contributed by atoms with van der Waals surface area (Å²) in [4.78, 5) is 45.8. The molecule has 3 saturated heterocycles. The Morgan fingerprint density at radius 1 is 0.438 bits per heavy atom. The van der Waals surface area contributed by atoms with E-state index in [1.165, 1.54) is 102 Å². The van der Waals surface area contributed by atoms with Gasteiger partial charge in [0.05, 0.1) is 82.2 Å². The van der Waals surface area contributed by atoms with E-state index in [4.69, 9.17) is 50.9 Å². The highest BCUT2D eigenvalue weighted by molar-refractivity contribution is 7.88. The first-order valence-corrected chi connectivity index (χ1v) is 44.2. The first-order chi connectivity index (χ1) is 53.6. The van der Waals surface area contributed by atoms with Crippen molar-refractivity contribution in [2.45, 2.75) is 94.8 Å². The van der Waals surface area contributed by atoms with E-state index in [1.54, 1.807) is 49.9 Å². The molecule has 2 N–H and O–H groups in total. The zero-order chi connectivity index (χ0) is 79.3. The van der Waals surface area contributed by atoms with E-state index in [-0.39, 0.29) is 41.6 Å². The van der Waals surface area contributed by atoms with Gasteiger partial charge in [-0.15, -0.1) is 34.0 Å². The second kappa shape index (κ2) is 34.0. The number of nitrogens with two attached hydrogens (primary N) is 1. The molecule has 0 radical (unpaired) electrons. The highest BCUT2D eigenvalue weighted by Crippen LogP contribution is 2.40. The molecule has 0 spiro atoms. The maximum atomic E-state index is 13.4. The lowest BCUT2D eigenvalue weighted by Crippen LogP contribution is -2.37.